The van der Waals surface area contributed by atoms with Crippen LogP contribution in [0.25, 0.3) is 6.08 Å². The molecule has 4 amide bonds. The Morgan fingerprint density at radius 3 is 2.47 bits per heavy atom. The molecule has 1 heterocycles. The number of hydrogen-bond donors (Lipinski definition) is 1. The molecule has 1 N–H and O–H groups in total. The molecule has 0 bridgehead atoms. The van der Waals surface area contributed by atoms with Crippen molar-refractivity contribution in [3.63, 3.8) is 0 Å². The highest BCUT2D eigenvalue weighted by Gasteiger charge is 2.37. The van der Waals surface area contributed by atoms with Gasteiger partial charge in [-0.2, -0.15) is 0 Å². The van der Waals surface area contributed by atoms with E-state index in [-0.39, 0.29) is 12.2 Å². The number of nitrogens with one attached hydrogen (secondary N) is 1. The van der Waals surface area contributed by atoms with Crippen molar-refractivity contribution in [1.29, 1.82) is 0 Å². The number of aryl methyl sites for hydroxylation is 1. The van der Waals surface area contributed by atoms with Crippen molar-refractivity contribution in [1.82, 2.24) is 5.32 Å². The van der Waals surface area contributed by atoms with Crippen LogP contribution in [0.5, 0.6) is 5.75 Å². The maximum atomic E-state index is 13.2. The Morgan fingerprint density at radius 2 is 1.74 bits per heavy atom. The highest BCUT2D eigenvalue weighted by Crippen LogP contribution is 2.30. The molecule has 0 aliphatic carbocycles. The van der Waals surface area contributed by atoms with E-state index < -0.39 is 17.8 Å². The molecule has 0 atom stereocenters. The van der Waals surface area contributed by atoms with Gasteiger partial charge in [0.1, 0.15) is 17.9 Å². The number of barbiturate groups is 1. The highest BCUT2D eigenvalue weighted by atomic mass is 35.5. The van der Waals surface area contributed by atoms with E-state index in [2.05, 4.69) is 5.32 Å². The molecule has 1 aliphatic rings. The van der Waals surface area contributed by atoms with Gasteiger partial charge in [-0.1, -0.05) is 53.5 Å². The normalized spacial score (nSPS) is 15.0. The molecular formula is C26H20Cl2N2O4. The first-order valence-corrected chi connectivity index (χ1v) is 11.1. The number of hydrogen-bond acceptors (Lipinski definition) is 4. The van der Waals surface area contributed by atoms with Crippen LogP contribution in [-0.4, -0.2) is 17.8 Å². The summed E-state index contributed by atoms with van der Waals surface area (Å²) < 4.78 is 5.77. The van der Waals surface area contributed by atoms with Gasteiger partial charge in [0.25, 0.3) is 11.8 Å². The number of imide groups is 2. The molecule has 8 heteroatoms. The van der Waals surface area contributed by atoms with E-state index in [1.54, 1.807) is 42.5 Å². The third kappa shape index (κ3) is 4.83. The fourth-order valence-corrected chi connectivity index (χ4v) is 3.99. The molecule has 1 aliphatic heterocycles. The predicted octanol–water partition coefficient (Wildman–Crippen LogP) is 5.86. The lowest BCUT2D eigenvalue weighted by atomic mass is 10.0. The SMILES string of the molecule is Cc1cccc(N2C(=O)NC(=O)/C(=C\c3ccc(OCc4cccc(Cl)c4)c(Cl)c3)C2=O)c1C. The van der Waals surface area contributed by atoms with Crippen molar-refractivity contribution in [2.24, 2.45) is 0 Å². The van der Waals surface area contributed by atoms with Gasteiger partial charge in [0.15, 0.2) is 0 Å². The molecular weight excluding hydrogens is 475 g/mol. The van der Waals surface area contributed by atoms with Crippen molar-refractivity contribution < 1.29 is 19.1 Å². The van der Waals surface area contributed by atoms with E-state index in [9.17, 15) is 14.4 Å². The van der Waals surface area contributed by atoms with Gasteiger partial charge in [0.2, 0.25) is 0 Å². The maximum Gasteiger partial charge on any atom is 0.335 e. The van der Waals surface area contributed by atoms with Crippen molar-refractivity contribution in [3.8, 4) is 5.75 Å². The van der Waals surface area contributed by atoms with Crippen molar-refractivity contribution in [2.45, 2.75) is 20.5 Å². The van der Waals surface area contributed by atoms with E-state index in [0.717, 1.165) is 21.6 Å². The summed E-state index contributed by atoms with van der Waals surface area (Å²) in [4.78, 5) is 39.1. The summed E-state index contributed by atoms with van der Waals surface area (Å²) >= 11 is 12.4. The van der Waals surface area contributed by atoms with Crippen LogP contribution in [0, 0.1) is 13.8 Å². The number of carbonyl (C=O) groups excluding carboxylic acids is 3. The first kappa shape index (κ1) is 23.5. The summed E-state index contributed by atoms with van der Waals surface area (Å²) in [7, 11) is 0. The van der Waals surface area contributed by atoms with Gasteiger partial charge in [-0.3, -0.25) is 14.9 Å². The molecule has 1 fully saturated rings. The maximum absolute atomic E-state index is 13.2. The zero-order chi connectivity index (χ0) is 24.4. The summed E-state index contributed by atoms with van der Waals surface area (Å²) in [6.45, 7) is 3.96. The average molecular weight is 495 g/mol. The van der Waals surface area contributed by atoms with E-state index in [1.165, 1.54) is 6.08 Å². The number of ether oxygens (including phenoxy) is 1. The Balaban J connectivity index is 1.59. The second-order valence-electron chi connectivity index (χ2n) is 7.79. The number of halogens is 2. The summed E-state index contributed by atoms with van der Waals surface area (Å²) in [6, 6.07) is 16.7. The third-order valence-electron chi connectivity index (χ3n) is 5.47. The topological polar surface area (TPSA) is 75.7 Å². The van der Waals surface area contributed by atoms with Gasteiger partial charge in [-0.15, -0.1) is 0 Å². The second kappa shape index (κ2) is 9.71. The van der Waals surface area contributed by atoms with Gasteiger partial charge < -0.3 is 4.74 Å². The molecule has 4 rings (SSSR count). The van der Waals surface area contributed by atoms with Gasteiger partial charge in [0.05, 0.1) is 10.7 Å². The molecule has 1 saturated heterocycles. The lowest BCUT2D eigenvalue weighted by Gasteiger charge is -2.28. The largest absolute Gasteiger partial charge is 0.487 e. The lowest BCUT2D eigenvalue weighted by Crippen LogP contribution is -2.54. The number of amides is 4. The Bertz CT molecular complexity index is 1350. The molecule has 0 unspecified atom stereocenters. The zero-order valence-corrected chi connectivity index (χ0v) is 19.9. The van der Waals surface area contributed by atoms with Crippen molar-refractivity contribution in [2.75, 3.05) is 4.90 Å². The molecule has 172 valence electrons. The van der Waals surface area contributed by atoms with E-state index >= 15 is 0 Å². The van der Waals surface area contributed by atoms with Crippen LogP contribution in [0.1, 0.15) is 22.3 Å². The fourth-order valence-electron chi connectivity index (χ4n) is 3.53. The summed E-state index contributed by atoms with van der Waals surface area (Å²) in [5, 5.41) is 3.15. The molecule has 0 radical (unpaired) electrons. The smallest absolute Gasteiger partial charge is 0.335 e. The number of urea groups is 1. The quantitative estimate of drug-likeness (QED) is 0.356. The molecule has 3 aromatic rings. The third-order valence-corrected chi connectivity index (χ3v) is 6.00. The van der Waals surface area contributed by atoms with Gasteiger partial charge >= 0.3 is 6.03 Å². The standard InChI is InChI=1S/C26H20Cl2N2O4/c1-15-5-3-8-22(16(15)2)30-25(32)20(24(31)29-26(30)33)12-17-9-10-23(21(28)13-17)34-14-18-6-4-7-19(27)11-18/h3-13H,14H2,1-2H3,(H,29,31,33)/b20-12+. The van der Waals surface area contributed by atoms with E-state index in [4.69, 9.17) is 27.9 Å². The Kier molecular flexibility index (Phi) is 6.72. The molecule has 3 aromatic carbocycles. The average Bonchev–Trinajstić information content (AvgIpc) is 2.79. The minimum atomic E-state index is -0.788. The summed E-state index contributed by atoms with van der Waals surface area (Å²) in [5.74, 6) is -1.04. The van der Waals surface area contributed by atoms with Crippen LogP contribution in [-0.2, 0) is 16.2 Å². The number of nitrogens with zero attached hydrogens (tertiary/aromatic N) is 1. The highest BCUT2D eigenvalue weighted by molar-refractivity contribution is 6.39. The lowest BCUT2D eigenvalue weighted by molar-refractivity contribution is -0.122. The summed E-state index contributed by atoms with van der Waals surface area (Å²) in [6.07, 6.45) is 1.40. The summed E-state index contributed by atoms with van der Waals surface area (Å²) in [5.41, 5.74) is 3.32. The second-order valence-corrected chi connectivity index (χ2v) is 8.63. The Labute approximate surface area is 206 Å². The Morgan fingerprint density at radius 1 is 0.971 bits per heavy atom. The number of benzene rings is 3. The fraction of sp³-hybridized carbons (Fsp3) is 0.115. The molecule has 34 heavy (non-hydrogen) atoms. The first-order chi connectivity index (χ1) is 16.2. The van der Waals surface area contributed by atoms with E-state index in [1.807, 2.05) is 32.0 Å². The minimum Gasteiger partial charge on any atom is -0.487 e. The van der Waals surface area contributed by atoms with Crippen LogP contribution in [0.15, 0.2) is 66.2 Å². The minimum absolute atomic E-state index is 0.177. The zero-order valence-electron chi connectivity index (χ0n) is 18.4. The van der Waals surface area contributed by atoms with Gasteiger partial charge in [0, 0.05) is 5.02 Å². The molecule has 0 spiro atoms. The van der Waals surface area contributed by atoms with Crippen LogP contribution < -0.4 is 15.0 Å². The van der Waals surface area contributed by atoms with Crippen molar-refractivity contribution in [3.05, 3.63) is 98.5 Å². The van der Waals surface area contributed by atoms with Gasteiger partial charge in [-0.05, 0) is 72.5 Å². The van der Waals surface area contributed by atoms with Crippen LogP contribution in [0.2, 0.25) is 10.0 Å². The number of carbonyl (C=O) groups is 3. The van der Waals surface area contributed by atoms with Gasteiger partial charge in [-0.25, -0.2) is 9.69 Å². The van der Waals surface area contributed by atoms with Crippen LogP contribution in [0.3, 0.4) is 0 Å². The van der Waals surface area contributed by atoms with Crippen molar-refractivity contribution >= 4 is 52.8 Å². The predicted molar refractivity (Wildman–Crippen MR) is 132 cm³/mol. The number of anilines is 1. The molecule has 0 saturated carbocycles. The number of rotatable bonds is 5. The van der Waals surface area contributed by atoms with Crippen LogP contribution >= 0.6 is 23.2 Å². The molecule has 6 nitrogen and oxygen atoms in total. The molecule has 0 aromatic heterocycles. The first-order valence-electron chi connectivity index (χ1n) is 10.4. The van der Waals surface area contributed by atoms with Crippen LogP contribution in [0.4, 0.5) is 10.5 Å². The Hall–Kier alpha value is -3.61. The van der Waals surface area contributed by atoms with E-state index in [0.29, 0.717) is 27.0 Å². The monoisotopic (exact) mass is 494 g/mol.